The van der Waals surface area contributed by atoms with Crippen molar-refractivity contribution in [3.63, 3.8) is 0 Å². The largest absolute Gasteiger partial charge is 0.477 e. The third-order valence-corrected chi connectivity index (χ3v) is 5.97. The minimum atomic E-state index is -3.85. The van der Waals surface area contributed by atoms with E-state index in [4.69, 9.17) is 9.84 Å². The highest BCUT2D eigenvalue weighted by Gasteiger charge is 2.44. The lowest BCUT2D eigenvalue weighted by Crippen LogP contribution is -2.58. The molecule has 1 N–H and O–H groups in total. The summed E-state index contributed by atoms with van der Waals surface area (Å²) < 4.78 is 32.7. The van der Waals surface area contributed by atoms with E-state index < -0.39 is 27.2 Å². The van der Waals surface area contributed by atoms with Crippen LogP contribution < -0.4 is 0 Å². The number of ether oxygens (including phenoxy) is 1. The first kappa shape index (κ1) is 16.4. The second-order valence-corrected chi connectivity index (χ2v) is 9.14. The number of morpholine rings is 1. The Labute approximate surface area is 128 Å². The van der Waals surface area contributed by atoms with Gasteiger partial charge in [-0.3, -0.25) is 0 Å². The molecular weight excluding hydrogens is 314 g/mol. The number of sulfonamides is 1. The Morgan fingerprint density at radius 1 is 1.29 bits per heavy atom. The molecule has 2 heterocycles. The van der Waals surface area contributed by atoms with Crippen molar-refractivity contribution in [1.82, 2.24) is 4.31 Å². The van der Waals surface area contributed by atoms with Gasteiger partial charge in [0.1, 0.15) is 9.77 Å². The molecule has 1 aromatic heterocycles. The van der Waals surface area contributed by atoms with Gasteiger partial charge in [0, 0.05) is 13.1 Å². The van der Waals surface area contributed by atoms with Crippen molar-refractivity contribution in [2.45, 2.75) is 43.8 Å². The van der Waals surface area contributed by atoms with E-state index in [9.17, 15) is 13.2 Å². The van der Waals surface area contributed by atoms with E-state index in [0.29, 0.717) is 0 Å². The number of thiophene rings is 1. The fourth-order valence-electron chi connectivity index (χ4n) is 2.68. The van der Waals surface area contributed by atoms with Crippen LogP contribution >= 0.6 is 11.3 Å². The first-order chi connectivity index (χ1) is 9.45. The molecule has 8 heteroatoms. The third-order valence-electron chi connectivity index (χ3n) is 3.11. The summed E-state index contributed by atoms with van der Waals surface area (Å²) >= 11 is 0.912. The van der Waals surface area contributed by atoms with Gasteiger partial charge in [0.05, 0.1) is 11.2 Å². The molecule has 0 atom stereocenters. The fraction of sp³-hybridized carbons (Fsp3) is 0.615. The van der Waals surface area contributed by atoms with Crippen molar-refractivity contribution < 1.29 is 23.1 Å². The number of hydrogen-bond donors (Lipinski definition) is 1. The minimum Gasteiger partial charge on any atom is -0.477 e. The Kier molecular flexibility index (Phi) is 3.94. The average molecular weight is 333 g/mol. The monoisotopic (exact) mass is 333 g/mol. The van der Waals surface area contributed by atoms with Gasteiger partial charge in [-0.15, -0.1) is 11.3 Å². The van der Waals surface area contributed by atoms with E-state index in [0.717, 1.165) is 11.3 Å². The molecule has 0 saturated carbocycles. The number of nitrogens with zero attached hydrogens (tertiary/aromatic N) is 1. The molecular formula is C13H19NO5S2. The topological polar surface area (TPSA) is 83.9 Å². The van der Waals surface area contributed by atoms with Gasteiger partial charge in [0.2, 0.25) is 10.0 Å². The average Bonchev–Trinajstić information content (AvgIpc) is 2.73. The van der Waals surface area contributed by atoms with Crippen molar-refractivity contribution in [2.24, 2.45) is 0 Å². The van der Waals surface area contributed by atoms with E-state index >= 15 is 0 Å². The maximum Gasteiger partial charge on any atom is 0.347 e. The number of aromatic carboxylic acids is 1. The number of carboxylic acids is 1. The van der Waals surface area contributed by atoms with Gasteiger partial charge >= 0.3 is 5.97 Å². The summed E-state index contributed by atoms with van der Waals surface area (Å²) in [6.45, 7) is 7.66. The third kappa shape index (κ3) is 3.28. The molecule has 0 radical (unpaired) electrons. The molecule has 6 nitrogen and oxygen atoms in total. The van der Waals surface area contributed by atoms with E-state index in [1.807, 2.05) is 27.7 Å². The van der Waals surface area contributed by atoms with E-state index in [2.05, 4.69) is 0 Å². The zero-order valence-corrected chi connectivity index (χ0v) is 14.0. The molecule has 21 heavy (non-hydrogen) atoms. The van der Waals surface area contributed by atoms with Gasteiger partial charge in [0.15, 0.2) is 0 Å². The smallest absolute Gasteiger partial charge is 0.347 e. The van der Waals surface area contributed by atoms with Gasteiger partial charge in [-0.05, 0) is 39.1 Å². The SMILES string of the molecule is CC1(C)CN(S(=O)(=O)c2ccsc2C(=O)O)CC(C)(C)O1. The lowest BCUT2D eigenvalue weighted by atomic mass is 10.0. The highest BCUT2D eigenvalue weighted by molar-refractivity contribution is 7.89. The van der Waals surface area contributed by atoms with Crippen LogP contribution in [0.15, 0.2) is 16.3 Å². The summed E-state index contributed by atoms with van der Waals surface area (Å²) in [5, 5.41) is 10.6. The van der Waals surface area contributed by atoms with E-state index in [1.165, 1.54) is 15.8 Å². The predicted octanol–water partition coefficient (Wildman–Crippen LogP) is 2.02. The van der Waals surface area contributed by atoms with Crippen LogP contribution in [0.3, 0.4) is 0 Å². The Morgan fingerprint density at radius 3 is 2.29 bits per heavy atom. The van der Waals surface area contributed by atoms with Gasteiger partial charge in [-0.2, -0.15) is 4.31 Å². The molecule has 0 spiro atoms. The number of carbonyl (C=O) groups is 1. The standard InChI is InChI=1S/C13H19NO5S2/c1-12(2)7-14(8-13(3,4)19-12)21(17,18)9-5-6-20-10(9)11(15)16/h5-6H,7-8H2,1-4H3,(H,15,16). The van der Waals surface area contributed by atoms with Crippen LogP contribution in [0.25, 0.3) is 0 Å². The van der Waals surface area contributed by atoms with Crippen molar-refractivity contribution in [2.75, 3.05) is 13.1 Å². The molecule has 0 amide bonds. The van der Waals surface area contributed by atoms with Gasteiger partial charge in [0.25, 0.3) is 0 Å². The van der Waals surface area contributed by atoms with E-state index in [1.54, 1.807) is 0 Å². The maximum atomic E-state index is 12.8. The first-order valence-electron chi connectivity index (χ1n) is 6.46. The van der Waals surface area contributed by atoms with Crippen molar-refractivity contribution in [1.29, 1.82) is 0 Å². The Morgan fingerprint density at radius 2 is 1.81 bits per heavy atom. The first-order valence-corrected chi connectivity index (χ1v) is 8.78. The lowest BCUT2D eigenvalue weighted by Gasteiger charge is -2.46. The number of hydrogen-bond acceptors (Lipinski definition) is 5. The minimum absolute atomic E-state index is 0.145. The molecule has 0 unspecified atom stereocenters. The Balaban J connectivity index is 2.44. The van der Waals surface area contributed by atoms with Crippen molar-refractivity contribution in [3.05, 3.63) is 16.3 Å². The van der Waals surface area contributed by atoms with Gasteiger partial charge in [-0.1, -0.05) is 0 Å². The van der Waals surface area contributed by atoms with Crippen LogP contribution in [0.1, 0.15) is 37.4 Å². The van der Waals surface area contributed by atoms with Crippen molar-refractivity contribution >= 4 is 27.3 Å². The summed E-state index contributed by atoms with van der Waals surface area (Å²) in [7, 11) is -3.85. The zero-order valence-electron chi connectivity index (χ0n) is 12.4. The molecule has 1 aromatic rings. The summed E-state index contributed by atoms with van der Waals surface area (Å²) in [6, 6.07) is 1.35. The predicted molar refractivity (Wildman–Crippen MR) is 79.3 cm³/mol. The highest BCUT2D eigenvalue weighted by atomic mass is 32.2. The van der Waals surface area contributed by atoms with Crippen LogP contribution in [0.4, 0.5) is 0 Å². The summed E-state index contributed by atoms with van der Waals surface area (Å²) in [5.74, 6) is -1.23. The van der Waals surface area contributed by atoms with Crippen LogP contribution in [-0.2, 0) is 14.8 Å². The maximum absolute atomic E-state index is 12.8. The summed E-state index contributed by atoms with van der Waals surface area (Å²) in [6.07, 6.45) is 0. The molecule has 0 aromatic carbocycles. The molecule has 1 saturated heterocycles. The van der Waals surface area contributed by atoms with Crippen LogP contribution in [-0.4, -0.2) is 48.1 Å². The van der Waals surface area contributed by atoms with Gasteiger partial charge < -0.3 is 9.84 Å². The molecule has 118 valence electrons. The Hall–Kier alpha value is -0.960. The van der Waals surface area contributed by atoms with Crippen LogP contribution in [0, 0.1) is 0 Å². The highest BCUT2D eigenvalue weighted by Crippen LogP contribution is 2.33. The lowest BCUT2D eigenvalue weighted by molar-refractivity contribution is -0.163. The molecule has 1 aliphatic rings. The normalized spacial score (nSPS) is 22.1. The fourth-order valence-corrected chi connectivity index (χ4v) is 5.66. The second kappa shape index (κ2) is 5.05. The number of carboxylic acid groups (broad SMARTS) is 1. The second-order valence-electron chi connectivity index (χ2n) is 6.31. The molecule has 1 aliphatic heterocycles. The molecule has 2 rings (SSSR count). The quantitative estimate of drug-likeness (QED) is 0.915. The van der Waals surface area contributed by atoms with Crippen LogP contribution in [0.5, 0.6) is 0 Å². The molecule has 0 aliphatic carbocycles. The van der Waals surface area contributed by atoms with E-state index in [-0.39, 0.29) is 22.9 Å². The van der Waals surface area contributed by atoms with Crippen LogP contribution in [0.2, 0.25) is 0 Å². The molecule has 1 fully saturated rings. The summed E-state index contributed by atoms with van der Waals surface area (Å²) in [4.78, 5) is 10.9. The summed E-state index contributed by atoms with van der Waals surface area (Å²) in [5.41, 5.74) is -1.26. The molecule has 0 bridgehead atoms. The van der Waals surface area contributed by atoms with Gasteiger partial charge in [-0.25, -0.2) is 13.2 Å². The number of rotatable bonds is 3. The zero-order chi connectivity index (χ0) is 16.1. The Bertz CT molecular complexity index is 644. The van der Waals surface area contributed by atoms with Crippen molar-refractivity contribution in [3.8, 4) is 0 Å².